The Hall–Kier alpha value is -3.54. The predicted molar refractivity (Wildman–Crippen MR) is 155 cm³/mol. The summed E-state index contributed by atoms with van der Waals surface area (Å²) in [6.07, 6.45) is 0.364. The molecule has 0 spiro atoms. The lowest BCUT2D eigenvalue weighted by Crippen LogP contribution is -2.55. The Morgan fingerprint density at radius 1 is 0.977 bits per heavy atom. The Bertz CT molecular complexity index is 1600. The van der Waals surface area contributed by atoms with Crippen molar-refractivity contribution in [3.05, 3.63) is 66.2 Å². The van der Waals surface area contributed by atoms with Gasteiger partial charge < -0.3 is 30.5 Å². The molecule has 2 aromatic carbocycles. The van der Waals surface area contributed by atoms with Crippen LogP contribution < -0.4 is 5.73 Å². The molecular weight excluding hydrogens is 603 g/mol. The van der Waals surface area contributed by atoms with Crippen LogP contribution in [0.1, 0.15) is 12.1 Å². The summed E-state index contributed by atoms with van der Waals surface area (Å²) >= 11 is 0. The van der Waals surface area contributed by atoms with E-state index in [1.165, 1.54) is 18.0 Å². The van der Waals surface area contributed by atoms with E-state index in [0.717, 1.165) is 17.7 Å². The summed E-state index contributed by atoms with van der Waals surface area (Å²) in [5.74, 6) is -3.96. The number of hydrogen-bond acceptors (Lipinski definition) is 10. The van der Waals surface area contributed by atoms with Crippen LogP contribution in [0.15, 0.2) is 48.8 Å². The zero-order valence-corrected chi connectivity index (χ0v) is 24.4. The van der Waals surface area contributed by atoms with Crippen LogP contribution in [0, 0.1) is 17.5 Å². The summed E-state index contributed by atoms with van der Waals surface area (Å²) in [7, 11) is 0.193. The van der Waals surface area contributed by atoms with Gasteiger partial charge >= 0.3 is 0 Å². The molecule has 4 heterocycles. The number of anilines is 1. The minimum atomic E-state index is -1.59. The number of rotatable bonds is 7. The maximum Gasteiger partial charge on any atom is 0.194 e. The highest BCUT2D eigenvalue weighted by Gasteiger charge is 2.49. The molecular formula is C28H32F3N7O5S. The van der Waals surface area contributed by atoms with E-state index in [2.05, 4.69) is 20.6 Å². The Morgan fingerprint density at radius 2 is 1.66 bits per heavy atom. The van der Waals surface area contributed by atoms with E-state index in [4.69, 9.17) is 15.2 Å². The second-order valence-corrected chi connectivity index (χ2v) is 13.6. The van der Waals surface area contributed by atoms with Gasteiger partial charge in [-0.15, -0.1) is 10.2 Å². The fourth-order valence-electron chi connectivity index (χ4n) is 6.04. The van der Waals surface area contributed by atoms with Crippen LogP contribution in [-0.2, 0) is 9.47 Å². The van der Waals surface area contributed by atoms with Gasteiger partial charge in [0.1, 0.15) is 23.5 Å². The molecule has 2 aliphatic rings. The quantitative estimate of drug-likeness (QED) is 0.114. The second-order valence-electron chi connectivity index (χ2n) is 10.9. The summed E-state index contributed by atoms with van der Waals surface area (Å²) in [6.45, 7) is 0.0156. The first kappa shape index (κ1) is 30.5. The standard InChI is InChI=1S/C28H32F3N7O5S/c1-42-22-13-44(24-12-43-11-21(27(24)40)37-8-19(33-35-37)14-3-2-4-16(32)5-14)23(10-39)28(41)26(22)38-9-20(34-36-38)15-6-17(29)25(31)18(30)7-15/h2-9,21-24,26-28,39-41,44H,10-13,32H2,1H3/t21-,22-,23+,24+,26+,27+,28-/m0/s1. The minimum Gasteiger partial charge on any atom is -0.399 e. The van der Waals surface area contributed by atoms with E-state index < -0.39 is 69.2 Å². The van der Waals surface area contributed by atoms with Gasteiger partial charge in [-0.25, -0.2) is 33.4 Å². The molecule has 5 N–H and O–H groups in total. The van der Waals surface area contributed by atoms with Crippen molar-refractivity contribution >= 4 is 16.6 Å². The largest absolute Gasteiger partial charge is 0.399 e. The molecule has 12 nitrogen and oxygen atoms in total. The average Bonchev–Trinajstić information content (AvgIpc) is 3.70. The van der Waals surface area contributed by atoms with Gasteiger partial charge in [0.05, 0.1) is 50.5 Å². The lowest BCUT2D eigenvalue weighted by molar-refractivity contribution is -0.0339. The van der Waals surface area contributed by atoms with E-state index in [1.54, 1.807) is 23.0 Å². The monoisotopic (exact) mass is 635 g/mol. The van der Waals surface area contributed by atoms with Crippen LogP contribution in [-0.4, -0.2) is 107 Å². The third kappa shape index (κ3) is 5.57. The predicted octanol–water partition coefficient (Wildman–Crippen LogP) is 1.50. The van der Waals surface area contributed by atoms with Crippen molar-refractivity contribution in [1.82, 2.24) is 30.0 Å². The van der Waals surface area contributed by atoms with E-state index in [1.807, 2.05) is 12.1 Å². The van der Waals surface area contributed by atoms with Crippen LogP contribution in [0.2, 0.25) is 0 Å². The number of aliphatic hydroxyl groups is 3. The molecule has 2 aromatic heterocycles. The summed E-state index contributed by atoms with van der Waals surface area (Å²) in [6, 6.07) is 7.44. The van der Waals surface area contributed by atoms with E-state index in [0.29, 0.717) is 17.1 Å². The molecule has 4 aromatic rings. The number of benzene rings is 2. The molecule has 2 aliphatic heterocycles. The molecule has 0 aliphatic carbocycles. The smallest absolute Gasteiger partial charge is 0.194 e. The van der Waals surface area contributed by atoms with E-state index in [-0.39, 0.29) is 31.1 Å². The Balaban J connectivity index is 1.23. The van der Waals surface area contributed by atoms with Crippen molar-refractivity contribution in [1.29, 1.82) is 0 Å². The van der Waals surface area contributed by atoms with E-state index in [9.17, 15) is 28.5 Å². The molecule has 0 radical (unpaired) electrons. The Kier molecular flexibility index (Phi) is 8.63. The number of nitrogens with zero attached hydrogens (tertiary/aromatic N) is 6. The van der Waals surface area contributed by atoms with Crippen molar-refractivity contribution in [2.75, 3.05) is 38.4 Å². The number of nitrogen functional groups attached to an aromatic ring is 1. The first-order chi connectivity index (χ1) is 21.2. The molecule has 0 amide bonds. The van der Waals surface area contributed by atoms with Gasteiger partial charge in [0, 0.05) is 40.2 Å². The van der Waals surface area contributed by atoms with Crippen LogP contribution in [0.25, 0.3) is 22.5 Å². The van der Waals surface area contributed by atoms with Gasteiger partial charge in [-0.3, -0.25) is 0 Å². The highest BCUT2D eigenvalue weighted by molar-refractivity contribution is 8.18. The topological polar surface area (TPSA) is 167 Å². The first-order valence-corrected chi connectivity index (χ1v) is 15.5. The minimum absolute atomic E-state index is 0.0339. The maximum atomic E-state index is 13.8. The normalized spacial score (nSPS) is 30.0. The van der Waals surface area contributed by atoms with Crippen LogP contribution in [0.4, 0.5) is 18.9 Å². The molecule has 236 valence electrons. The highest BCUT2D eigenvalue weighted by atomic mass is 32.2. The zero-order valence-electron chi connectivity index (χ0n) is 23.5. The van der Waals surface area contributed by atoms with Crippen molar-refractivity contribution in [2.45, 2.75) is 40.9 Å². The number of ether oxygens (including phenoxy) is 2. The average molecular weight is 636 g/mol. The third-order valence-corrected chi connectivity index (χ3v) is 11.8. The number of hydrogen-bond donors (Lipinski definition) is 5. The number of halogens is 3. The fourth-order valence-corrected chi connectivity index (χ4v) is 9.53. The summed E-state index contributed by atoms with van der Waals surface area (Å²) in [5.41, 5.74) is 7.87. The number of thiol groups is 1. The second kappa shape index (κ2) is 12.5. The van der Waals surface area contributed by atoms with Crippen molar-refractivity contribution in [3.63, 3.8) is 0 Å². The maximum absolute atomic E-state index is 13.8. The summed E-state index contributed by atoms with van der Waals surface area (Å²) < 4.78 is 55.8. The third-order valence-electron chi connectivity index (χ3n) is 8.35. The fraction of sp³-hybridized carbons (Fsp3) is 0.429. The first-order valence-electron chi connectivity index (χ1n) is 13.9. The molecule has 6 rings (SSSR count). The van der Waals surface area contributed by atoms with Gasteiger partial charge in [-0.2, -0.15) is 0 Å². The Morgan fingerprint density at radius 3 is 2.34 bits per heavy atom. The molecule has 16 heteroatoms. The molecule has 2 fully saturated rings. The Labute approximate surface area is 252 Å². The molecule has 2 saturated heterocycles. The van der Waals surface area contributed by atoms with Crippen molar-refractivity contribution in [2.24, 2.45) is 0 Å². The summed E-state index contributed by atoms with van der Waals surface area (Å²) in [4.78, 5) is 0. The van der Waals surface area contributed by atoms with Gasteiger partial charge in [-0.05, 0) is 24.3 Å². The van der Waals surface area contributed by atoms with Crippen LogP contribution in [0.3, 0.4) is 0 Å². The van der Waals surface area contributed by atoms with Gasteiger partial charge in [-0.1, -0.05) is 22.6 Å². The molecule has 8 atom stereocenters. The van der Waals surface area contributed by atoms with Gasteiger partial charge in [0.2, 0.25) is 0 Å². The molecule has 0 bridgehead atoms. The number of methoxy groups -OCH3 is 1. The van der Waals surface area contributed by atoms with Crippen molar-refractivity contribution < 1.29 is 38.0 Å². The molecule has 1 unspecified atom stereocenters. The number of aliphatic hydroxyl groups excluding tert-OH is 3. The van der Waals surface area contributed by atoms with Crippen LogP contribution in [0.5, 0.6) is 0 Å². The lowest BCUT2D eigenvalue weighted by Gasteiger charge is -2.51. The lowest BCUT2D eigenvalue weighted by atomic mass is 10.0. The number of aromatic nitrogens is 6. The van der Waals surface area contributed by atoms with Crippen LogP contribution >= 0.6 is 10.9 Å². The van der Waals surface area contributed by atoms with Gasteiger partial charge in [0.15, 0.2) is 17.5 Å². The number of nitrogens with two attached hydrogens (primary N) is 1. The van der Waals surface area contributed by atoms with Gasteiger partial charge in [0.25, 0.3) is 0 Å². The molecule has 0 saturated carbocycles. The van der Waals surface area contributed by atoms with E-state index >= 15 is 0 Å². The van der Waals surface area contributed by atoms with Crippen molar-refractivity contribution in [3.8, 4) is 22.5 Å². The highest BCUT2D eigenvalue weighted by Crippen LogP contribution is 2.51. The summed E-state index contributed by atoms with van der Waals surface area (Å²) in [5, 5.41) is 49.1. The SMILES string of the molecule is CO[C@H]1C[SH]([C@@H]2COC[C@H](n3cc(-c4cccc(N)c4)nn3)[C@H]2O)[C@H](CO)[C@H](O)[C@@H]1n1cc(-c2cc(F)c(F)c(F)c2)nn1. The zero-order chi connectivity index (χ0) is 31.1. The molecule has 44 heavy (non-hydrogen) atoms.